The largest absolute Gasteiger partial charge is 0.389 e. The summed E-state index contributed by atoms with van der Waals surface area (Å²) in [4.78, 5) is 24.5. The maximum atomic E-state index is 12.7. The van der Waals surface area contributed by atoms with Crippen LogP contribution >= 0.6 is 11.8 Å². The highest BCUT2D eigenvalue weighted by Crippen LogP contribution is 2.37. The Labute approximate surface area is 174 Å². The minimum atomic E-state index is -0.497. The Morgan fingerprint density at radius 3 is 2.76 bits per heavy atom. The number of amides is 1. The Hall–Kier alpha value is -2.42. The van der Waals surface area contributed by atoms with Crippen molar-refractivity contribution < 1.29 is 14.6 Å². The predicted molar refractivity (Wildman–Crippen MR) is 114 cm³/mol. The lowest BCUT2D eigenvalue weighted by Gasteiger charge is -2.28. The third-order valence-electron chi connectivity index (χ3n) is 4.97. The molecule has 7 nitrogen and oxygen atoms in total. The molecule has 1 fully saturated rings. The lowest BCUT2D eigenvalue weighted by Crippen LogP contribution is -2.43. The molecule has 4 rings (SSSR count). The van der Waals surface area contributed by atoms with E-state index in [4.69, 9.17) is 4.74 Å². The summed E-state index contributed by atoms with van der Waals surface area (Å²) in [6, 6.07) is 9.38. The second-order valence-corrected chi connectivity index (χ2v) is 8.14. The molecule has 2 N–H and O–H groups in total. The van der Waals surface area contributed by atoms with Gasteiger partial charge in [-0.15, -0.1) is 11.8 Å². The third-order valence-corrected chi connectivity index (χ3v) is 6.15. The van der Waals surface area contributed by atoms with E-state index in [0.29, 0.717) is 32.3 Å². The maximum Gasteiger partial charge on any atom is 0.230 e. The van der Waals surface area contributed by atoms with Crippen molar-refractivity contribution >= 4 is 34.2 Å². The minimum absolute atomic E-state index is 0.118. The zero-order valence-corrected chi connectivity index (χ0v) is 17.1. The number of hydrogen-bond donors (Lipinski definition) is 2. The molecule has 3 heterocycles. The summed E-state index contributed by atoms with van der Waals surface area (Å²) in [5, 5.41) is 12.8. The first-order valence-corrected chi connectivity index (χ1v) is 10.7. The molecule has 29 heavy (non-hydrogen) atoms. The standard InChI is InChI=1S/C21H24N4O3S/c1-14(26)15-2-4-17(5-3-15)23-21-22-7-6-18(24-21)19-12-16(13-29-19)20(27)25-8-10-28-11-9-25/h2-7,12,14,16,26H,8-11,13H2,1H3,(H,22,23,24). The number of nitrogens with one attached hydrogen (secondary N) is 1. The molecule has 1 saturated heterocycles. The van der Waals surface area contributed by atoms with Crippen molar-refractivity contribution in [3.05, 3.63) is 53.9 Å². The second-order valence-electron chi connectivity index (χ2n) is 7.07. The fourth-order valence-electron chi connectivity index (χ4n) is 3.31. The van der Waals surface area contributed by atoms with E-state index in [0.717, 1.165) is 27.6 Å². The summed E-state index contributed by atoms with van der Waals surface area (Å²) < 4.78 is 5.33. The first kappa shape index (κ1) is 19.9. The minimum Gasteiger partial charge on any atom is -0.389 e. The molecule has 2 unspecified atom stereocenters. The number of aliphatic hydroxyl groups is 1. The van der Waals surface area contributed by atoms with Gasteiger partial charge in [0.15, 0.2) is 0 Å². The van der Waals surface area contributed by atoms with Gasteiger partial charge in [0.25, 0.3) is 0 Å². The van der Waals surface area contributed by atoms with Crippen molar-refractivity contribution in [3.63, 3.8) is 0 Å². The summed E-state index contributed by atoms with van der Waals surface area (Å²) in [7, 11) is 0. The SMILES string of the molecule is CC(O)c1ccc(Nc2nccc(C3=CC(C(=O)N4CCOCC4)CS3)n2)cc1. The Morgan fingerprint density at radius 1 is 1.28 bits per heavy atom. The summed E-state index contributed by atoms with van der Waals surface area (Å²) in [6.45, 7) is 4.29. The summed E-state index contributed by atoms with van der Waals surface area (Å²) in [5.41, 5.74) is 2.51. The number of benzene rings is 1. The number of hydrogen-bond acceptors (Lipinski definition) is 7. The molecule has 1 aromatic heterocycles. The van der Waals surface area contributed by atoms with Crippen molar-refractivity contribution in [1.29, 1.82) is 0 Å². The Bertz CT molecular complexity index is 895. The number of morpholine rings is 1. The number of thioether (sulfide) groups is 1. The molecule has 1 aromatic carbocycles. The van der Waals surface area contributed by atoms with Crippen LogP contribution in [0.2, 0.25) is 0 Å². The maximum absolute atomic E-state index is 12.7. The van der Waals surface area contributed by atoms with E-state index < -0.39 is 6.10 Å². The van der Waals surface area contributed by atoms with Crippen LogP contribution < -0.4 is 5.32 Å². The molecule has 0 aliphatic carbocycles. The van der Waals surface area contributed by atoms with Crippen LogP contribution in [0.15, 0.2) is 42.6 Å². The Morgan fingerprint density at radius 2 is 2.03 bits per heavy atom. The topological polar surface area (TPSA) is 87.6 Å². The predicted octanol–water partition coefficient (Wildman–Crippen LogP) is 2.84. The summed E-state index contributed by atoms with van der Waals surface area (Å²) in [5.74, 6) is 1.28. The fraction of sp³-hybridized carbons (Fsp3) is 0.381. The van der Waals surface area contributed by atoms with Gasteiger partial charge in [-0.05, 0) is 30.7 Å². The number of nitrogens with zero attached hydrogens (tertiary/aromatic N) is 3. The molecule has 1 amide bonds. The first-order valence-electron chi connectivity index (χ1n) is 9.70. The number of carbonyl (C=O) groups excluding carboxylic acids is 1. The molecule has 2 aromatic rings. The van der Waals surface area contributed by atoms with Gasteiger partial charge in [-0.1, -0.05) is 18.2 Å². The Kier molecular flexibility index (Phi) is 6.13. The molecule has 0 spiro atoms. The van der Waals surface area contributed by atoms with Gasteiger partial charge in [0.05, 0.1) is 30.9 Å². The van der Waals surface area contributed by atoms with Crippen LogP contribution in [0.1, 0.15) is 24.3 Å². The lowest BCUT2D eigenvalue weighted by molar-refractivity contribution is -0.137. The Balaban J connectivity index is 1.45. The number of ether oxygens (including phenoxy) is 1. The van der Waals surface area contributed by atoms with E-state index in [9.17, 15) is 9.90 Å². The number of aromatic nitrogens is 2. The summed E-state index contributed by atoms with van der Waals surface area (Å²) in [6.07, 6.45) is 3.24. The third kappa shape index (κ3) is 4.77. The van der Waals surface area contributed by atoms with Gasteiger partial charge >= 0.3 is 0 Å². The van der Waals surface area contributed by atoms with Crippen molar-refractivity contribution in [1.82, 2.24) is 14.9 Å². The van der Waals surface area contributed by atoms with Gasteiger partial charge in [0.1, 0.15) is 0 Å². The molecule has 0 bridgehead atoms. The fourth-order valence-corrected chi connectivity index (χ4v) is 4.43. The zero-order valence-electron chi connectivity index (χ0n) is 16.2. The van der Waals surface area contributed by atoms with Crippen LogP contribution in [0.3, 0.4) is 0 Å². The van der Waals surface area contributed by atoms with Crippen molar-refractivity contribution in [2.75, 3.05) is 37.4 Å². The van der Waals surface area contributed by atoms with Crippen LogP contribution in [0.5, 0.6) is 0 Å². The van der Waals surface area contributed by atoms with E-state index in [1.54, 1.807) is 24.9 Å². The average molecular weight is 413 g/mol. The van der Waals surface area contributed by atoms with Crippen LogP contribution in [0.4, 0.5) is 11.6 Å². The zero-order chi connectivity index (χ0) is 20.2. The molecule has 2 aliphatic rings. The molecular weight excluding hydrogens is 388 g/mol. The van der Waals surface area contributed by atoms with Crippen LogP contribution in [-0.2, 0) is 9.53 Å². The van der Waals surface area contributed by atoms with E-state index in [2.05, 4.69) is 15.3 Å². The van der Waals surface area contributed by atoms with Gasteiger partial charge in [-0.25, -0.2) is 9.97 Å². The average Bonchev–Trinajstić information content (AvgIpc) is 3.25. The van der Waals surface area contributed by atoms with Gasteiger partial charge in [0.2, 0.25) is 11.9 Å². The monoisotopic (exact) mass is 412 g/mol. The lowest BCUT2D eigenvalue weighted by atomic mass is 10.1. The molecule has 2 atom stereocenters. The number of aliphatic hydroxyl groups excluding tert-OH is 1. The molecule has 8 heteroatoms. The van der Waals surface area contributed by atoms with Crippen LogP contribution in [-0.4, -0.2) is 57.9 Å². The van der Waals surface area contributed by atoms with Crippen molar-refractivity contribution in [3.8, 4) is 0 Å². The van der Waals surface area contributed by atoms with Gasteiger partial charge < -0.3 is 20.1 Å². The molecule has 0 saturated carbocycles. The second kappa shape index (κ2) is 8.94. The van der Waals surface area contributed by atoms with Crippen molar-refractivity contribution in [2.45, 2.75) is 13.0 Å². The van der Waals surface area contributed by atoms with E-state index in [-0.39, 0.29) is 11.8 Å². The summed E-state index contributed by atoms with van der Waals surface area (Å²) >= 11 is 1.65. The number of anilines is 2. The highest BCUT2D eigenvalue weighted by molar-refractivity contribution is 8.08. The molecule has 0 radical (unpaired) electrons. The number of rotatable bonds is 5. The quantitative estimate of drug-likeness (QED) is 0.781. The van der Waals surface area contributed by atoms with E-state index in [1.807, 2.05) is 41.3 Å². The molecular formula is C21H24N4O3S. The highest BCUT2D eigenvalue weighted by atomic mass is 32.2. The van der Waals surface area contributed by atoms with Crippen LogP contribution in [0.25, 0.3) is 4.91 Å². The molecule has 152 valence electrons. The van der Waals surface area contributed by atoms with Crippen molar-refractivity contribution in [2.24, 2.45) is 5.92 Å². The van der Waals surface area contributed by atoms with E-state index in [1.165, 1.54) is 0 Å². The molecule has 2 aliphatic heterocycles. The normalized spacial score (nSPS) is 20.3. The van der Waals surface area contributed by atoms with Gasteiger partial charge in [-0.3, -0.25) is 4.79 Å². The smallest absolute Gasteiger partial charge is 0.230 e. The number of carbonyl (C=O) groups is 1. The van der Waals surface area contributed by atoms with Crippen LogP contribution in [0, 0.1) is 5.92 Å². The van der Waals surface area contributed by atoms with Gasteiger partial charge in [0, 0.05) is 35.6 Å². The van der Waals surface area contributed by atoms with Gasteiger partial charge in [-0.2, -0.15) is 0 Å². The first-order chi connectivity index (χ1) is 14.1. The van der Waals surface area contributed by atoms with E-state index >= 15 is 0 Å². The highest BCUT2D eigenvalue weighted by Gasteiger charge is 2.29.